The number of rotatable bonds is 3. The lowest BCUT2D eigenvalue weighted by Gasteiger charge is -2.27. The molecular weight excluding hydrogens is 258 g/mol. The highest BCUT2D eigenvalue weighted by molar-refractivity contribution is 5.27. The third kappa shape index (κ3) is 4.49. The molecule has 0 saturated heterocycles. The second kappa shape index (κ2) is 5.49. The van der Waals surface area contributed by atoms with Crippen molar-refractivity contribution in [3.63, 3.8) is 0 Å². The van der Waals surface area contributed by atoms with Gasteiger partial charge in [0.15, 0.2) is 0 Å². The van der Waals surface area contributed by atoms with E-state index in [4.69, 9.17) is 5.73 Å². The van der Waals surface area contributed by atoms with E-state index in [9.17, 15) is 17.6 Å². The van der Waals surface area contributed by atoms with E-state index >= 15 is 0 Å². The smallest absolute Gasteiger partial charge is 0.327 e. The van der Waals surface area contributed by atoms with Crippen LogP contribution in [0.4, 0.5) is 17.6 Å². The third-order valence-corrected chi connectivity index (χ3v) is 3.19. The number of benzene rings is 1. The summed E-state index contributed by atoms with van der Waals surface area (Å²) in [5, 5.41) is 0. The Balaban J connectivity index is 2.82. The molecule has 2 N–H and O–H groups in total. The molecule has 1 unspecified atom stereocenters. The Labute approximate surface area is 110 Å². The van der Waals surface area contributed by atoms with Crippen molar-refractivity contribution in [1.29, 1.82) is 0 Å². The maximum atomic E-state index is 13.1. The van der Waals surface area contributed by atoms with E-state index in [0.717, 1.165) is 12.1 Å². The maximum Gasteiger partial charge on any atom is 0.419 e. The summed E-state index contributed by atoms with van der Waals surface area (Å²) in [5.41, 5.74) is 5.09. The molecule has 0 spiro atoms. The monoisotopic (exact) mass is 277 g/mol. The minimum absolute atomic E-state index is 0.104. The molecule has 1 rings (SSSR count). The zero-order valence-electron chi connectivity index (χ0n) is 11.3. The minimum Gasteiger partial charge on any atom is -0.327 e. The van der Waals surface area contributed by atoms with E-state index in [0.29, 0.717) is 18.4 Å². The zero-order valence-corrected chi connectivity index (χ0v) is 11.3. The highest BCUT2D eigenvalue weighted by atomic mass is 19.4. The Morgan fingerprint density at radius 1 is 1.16 bits per heavy atom. The molecular formula is C14H19F4N. The molecule has 0 heterocycles. The van der Waals surface area contributed by atoms with Gasteiger partial charge >= 0.3 is 6.18 Å². The normalized spacial score (nSPS) is 14.5. The molecule has 108 valence electrons. The summed E-state index contributed by atoms with van der Waals surface area (Å²) < 4.78 is 50.8. The lowest BCUT2D eigenvalue weighted by atomic mass is 9.84. The van der Waals surface area contributed by atoms with Crippen molar-refractivity contribution in [2.24, 2.45) is 11.1 Å². The second-order valence-corrected chi connectivity index (χ2v) is 5.82. The molecule has 5 heteroatoms. The molecule has 0 fully saturated rings. The first-order chi connectivity index (χ1) is 8.51. The quantitative estimate of drug-likeness (QED) is 0.825. The SMILES string of the molecule is CC(C)(C)C(N)CCc1ccc(F)c(C(F)(F)F)c1. The number of hydrogen-bond acceptors (Lipinski definition) is 1. The fourth-order valence-corrected chi connectivity index (χ4v) is 1.70. The maximum absolute atomic E-state index is 13.1. The molecule has 0 aromatic heterocycles. The molecule has 1 nitrogen and oxygen atoms in total. The average Bonchev–Trinajstić information content (AvgIpc) is 2.24. The van der Waals surface area contributed by atoms with Gasteiger partial charge < -0.3 is 5.73 Å². The Morgan fingerprint density at radius 3 is 2.21 bits per heavy atom. The molecule has 19 heavy (non-hydrogen) atoms. The van der Waals surface area contributed by atoms with Crippen LogP contribution in [0.5, 0.6) is 0 Å². The standard InChI is InChI=1S/C14H19F4N/c1-13(2,3)12(19)7-5-9-4-6-11(15)10(8-9)14(16,17)18/h4,6,8,12H,5,7,19H2,1-3H3. The molecule has 0 aliphatic carbocycles. The first-order valence-corrected chi connectivity index (χ1v) is 6.13. The third-order valence-electron chi connectivity index (χ3n) is 3.19. The van der Waals surface area contributed by atoms with Crippen molar-refractivity contribution < 1.29 is 17.6 Å². The van der Waals surface area contributed by atoms with Crippen LogP contribution in [0.15, 0.2) is 18.2 Å². The summed E-state index contributed by atoms with van der Waals surface area (Å²) in [6.07, 6.45) is -3.69. The van der Waals surface area contributed by atoms with Gasteiger partial charge in [0.1, 0.15) is 5.82 Å². The number of nitrogens with two attached hydrogens (primary N) is 1. The Morgan fingerprint density at radius 2 is 1.74 bits per heavy atom. The molecule has 0 aliphatic rings. The van der Waals surface area contributed by atoms with Gasteiger partial charge in [-0.3, -0.25) is 0 Å². The van der Waals surface area contributed by atoms with E-state index in [1.165, 1.54) is 6.07 Å². The van der Waals surface area contributed by atoms with Crippen molar-refractivity contribution in [2.75, 3.05) is 0 Å². The van der Waals surface area contributed by atoms with Crippen LogP contribution in [0.25, 0.3) is 0 Å². The van der Waals surface area contributed by atoms with E-state index in [1.54, 1.807) is 0 Å². The lowest BCUT2D eigenvalue weighted by Crippen LogP contribution is -2.35. The van der Waals surface area contributed by atoms with Crippen molar-refractivity contribution in [2.45, 2.75) is 45.8 Å². The predicted octanol–water partition coefficient (Wildman–Crippen LogP) is 4.15. The Hall–Kier alpha value is -1.10. The van der Waals surface area contributed by atoms with E-state index in [1.807, 2.05) is 20.8 Å². The van der Waals surface area contributed by atoms with Crippen molar-refractivity contribution in [3.8, 4) is 0 Å². The molecule has 1 atom stereocenters. The summed E-state index contributed by atoms with van der Waals surface area (Å²) in [5.74, 6) is -1.24. The molecule has 1 aromatic rings. The minimum atomic E-state index is -4.66. The zero-order chi connectivity index (χ0) is 14.8. The van der Waals surface area contributed by atoms with Crippen molar-refractivity contribution in [1.82, 2.24) is 0 Å². The molecule has 0 aliphatic heterocycles. The molecule has 0 radical (unpaired) electrons. The second-order valence-electron chi connectivity index (χ2n) is 5.82. The number of halogens is 4. The molecule has 0 bridgehead atoms. The van der Waals surface area contributed by atoms with E-state index < -0.39 is 17.6 Å². The van der Waals surface area contributed by atoms with Gasteiger partial charge in [-0.1, -0.05) is 26.8 Å². The fourth-order valence-electron chi connectivity index (χ4n) is 1.70. The summed E-state index contributed by atoms with van der Waals surface area (Å²) in [4.78, 5) is 0. The summed E-state index contributed by atoms with van der Waals surface area (Å²) in [6.45, 7) is 5.93. The van der Waals surface area contributed by atoms with Crippen LogP contribution < -0.4 is 5.73 Å². The van der Waals surface area contributed by atoms with Crippen LogP contribution in [0.2, 0.25) is 0 Å². The van der Waals surface area contributed by atoms with Crippen molar-refractivity contribution >= 4 is 0 Å². The Kier molecular flexibility index (Phi) is 4.61. The lowest BCUT2D eigenvalue weighted by molar-refractivity contribution is -0.140. The largest absolute Gasteiger partial charge is 0.419 e. The van der Waals surface area contributed by atoms with Gasteiger partial charge in [0.25, 0.3) is 0 Å². The highest BCUT2D eigenvalue weighted by Crippen LogP contribution is 2.32. The van der Waals surface area contributed by atoms with Gasteiger partial charge in [-0.15, -0.1) is 0 Å². The van der Waals surface area contributed by atoms with Crippen LogP contribution in [-0.4, -0.2) is 6.04 Å². The van der Waals surface area contributed by atoms with Gasteiger partial charge in [0.05, 0.1) is 5.56 Å². The predicted molar refractivity (Wildman–Crippen MR) is 67.2 cm³/mol. The van der Waals surface area contributed by atoms with E-state index in [2.05, 4.69) is 0 Å². The molecule has 0 saturated carbocycles. The van der Waals surface area contributed by atoms with Gasteiger partial charge in [-0.25, -0.2) is 4.39 Å². The first-order valence-electron chi connectivity index (χ1n) is 6.13. The number of aryl methyl sites for hydroxylation is 1. The molecule has 0 amide bonds. The van der Waals surface area contributed by atoms with Crippen LogP contribution in [-0.2, 0) is 12.6 Å². The van der Waals surface area contributed by atoms with Gasteiger partial charge in [0.2, 0.25) is 0 Å². The highest BCUT2D eigenvalue weighted by Gasteiger charge is 2.34. The average molecular weight is 277 g/mol. The Bertz CT molecular complexity index is 432. The first kappa shape index (κ1) is 16.0. The topological polar surface area (TPSA) is 26.0 Å². The number of hydrogen-bond donors (Lipinski definition) is 1. The molecule has 1 aromatic carbocycles. The summed E-state index contributed by atoms with van der Waals surface area (Å²) in [7, 11) is 0. The van der Waals surface area contributed by atoms with Gasteiger partial charge in [-0.05, 0) is 36.0 Å². The van der Waals surface area contributed by atoms with E-state index in [-0.39, 0.29) is 11.5 Å². The fraction of sp³-hybridized carbons (Fsp3) is 0.571. The van der Waals surface area contributed by atoms with Crippen LogP contribution >= 0.6 is 0 Å². The van der Waals surface area contributed by atoms with Gasteiger partial charge in [-0.2, -0.15) is 13.2 Å². The summed E-state index contributed by atoms with van der Waals surface area (Å²) in [6, 6.07) is 2.98. The summed E-state index contributed by atoms with van der Waals surface area (Å²) >= 11 is 0. The van der Waals surface area contributed by atoms with Crippen LogP contribution in [0.3, 0.4) is 0 Å². The van der Waals surface area contributed by atoms with Crippen LogP contribution in [0, 0.1) is 11.2 Å². The van der Waals surface area contributed by atoms with Crippen LogP contribution in [0.1, 0.15) is 38.3 Å². The number of alkyl halides is 3. The van der Waals surface area contributed by atoms with Crippen molar-refractivity contribution in [3.05, 3.63) is 35.1 Å². The van der Waals surface area contributed by atoms with Gasteiger partial charge in [0, 0.05) is 6.04 Å².